The zero-order valence-electron chi connectivity index (χ0n) is 10.9. The van der Waals surface area contributed by atoms with Crippen LogP contribution in [0.15, 0.2) is 53.5 Å². The summed E-state index contributed by atoms with van der Waals surface area (Å²) in [6, 6.07) is 16.8. The van der Waals surface area contributed by atoms with E-state index in [9.17, 15) is 0 Å². The summed E-state index contributed by atoms with van der Waals surface area (Å²) >= 11 is 5.92. The fourth-order valence-electron chi connectivity index (χ4n) is 2.50. The molecule has 2 aromatic rings. The SMILES string of the molecule is Cc1ccc(C2CN=C(c3ccc(Cl)cc3)C2)cc1. The van der Waals surface area contributed by atoms with Gasteiger partial charge in [-0.1, -0.05) is 53.6 Å². The normalized spacial score (nSPS) is 18.4. The van der Waals surface area contributed by atoms with Crippen LogP contribution in [0.4, 0.5) is 0 Å². The third-order valence-corrected chi connectivity index (χ3v) is 3.92. The van der Waals surface area contributed by atoms with Crippen molar-refractivity contribution in [2.45, 2.75) is 19.3 Å². The lowest BCUT2D eigenvalue weighted by atomic mass is 9.93. The topological polar surface area (TPSA) is 12.4 Å². The van der Waals surface area contributed by atoms with Crippen molar-refractivity contribution in [1.82, 2.24) is 0 Å². The first kappa shape index (κ1) is 12.4. The van der Waals surface area contributed by atoms with Crippen LogP contribution in [0.1, 0.15) is 29.0 Å². The van der Waals surface area contributed by atoms with Crippen molar-refractivity contribution in [3.05, 3.63) is 70.2 Å². The summed E-state index contributed by atoms with van der Waals surface area (Å²) in [6.45, 7) is 3.01. The number of aryl methyl sites for hydroxylation is 1. The highest BCUT2D eigenvalue weighted by atomic mass is 35.5. The van der Waals surface area contributed by atoms with Gasteiger partial charge in [0.25, 0.3) is 0 Å². The molecule has 19 heavy (non-hydrogen) atoms. The molecule has 1 atom stereocenters. The van der Waals surface area contributed by atoms with E-state index in [1.807, 2.05) is 12.1 Å². The van der Waals surface area contributed by atoms with E-state index in [0.29, 0.717) is 5.92 Å². The number of hydrogen-bond donors (Lipinski definition) is 0. The van der Waals surface area contributed by atoms with Gasteiger partial charge in [-0.25, -0.2) is 0 Å². The van der Waals surface area contributed by atoms with Gasteiger partial charge in [0.15, 0.2) is 0 Å². The molecule has 1 unspecified atom stereocenters. The van der Waals surface area contributed by atoms with Crippen molar-refractivity contribution in [3.8, 4) is 0 Å². The zero-order chi connectivity index (χ0) is 13.2. The van der Waals surface area contributed by atoms with E-state index in [4.69, 9.17) is 11.6 Å². The Kier molecular flexibility index (Phi) is 3.39. The molecule has 3 rings (SSSR count). The largest absolute Gasteiger partial charge is 0.288 e. The predicted molar refractivity (Wildman–Crippen MR) is 81.4 cm³/mol. The second-order valence-corrected chi connectivity index (χ2v) is 5.54. The molecule has 0 amide bonds. The Morgan fingerprint density at radius 1 is 1.00 bits per heavy atom. The van der Waals surface area contributed by atoms with Gasteiger partial charge in [0.1, 0.15) is 0 Å². The molecule has 0 aromatic heterocycles. The van der Waals surface area contributed by atoms with Gasteiger partial charge < -0.3 is 0 Å². The van der Waals surface area contributed by atoms with E-state index >= 15 is 0 Å². The lowest BCUT2D eigenvalue weighted by Gasteiger charge is -2.09. The fraction of sp³-hybridized carbons (Fsp3) is 0.235. The van der Waals surface area contributed by atoms with Crippen LogP contribution in [-0.2, 0) is 0 Å². The maximum atomic E-state index is 5.92. The van der Waals surface area contributed by atoms with Crippen LogP contribution >= 0.6 is 11.6 Å². The quantitative estimate of drug-likeness (QED) is 0.754. The van der Waals surface area contributed by atoms with E-state index < -0.39 is 0 Å². The Morgan fingerprint density at radius 3 is 2.37 bits per heavy atom. The first-order valence-electron chi connectivity index (χ1n) is 6.58. The molecule has 0 saturated heterocycles. The molecular formula is C17H16ClN. The molecule has 1 heterocycles. The first-order chi connectivity index (χ1) is 9.22. The molecule has 0 aliphatic carbocycles. The highest BCUT2D eigenvalue weighted by molar-refractivity contribution is 6.30. The third-order valence-electron chi connectivity index (χ3n) is 3.67. The Bertz CT molecular complexity index is 596. The monoisotopic (exact) mass is 269 g/mol. The highest BCUT2D eigenvalue weighted by Crippen LogP contribution is 2.28. The molecule has 0 radical (unpaired) electrons. The predicted octanol–water partition coefficient (Wildman–Crippen LogP) is 4.63. The van der Waals surface area contributed by atoms with Crippen molar-refractivity contribution in [2.24, 2.45) is 4.99 Å². The van der Waals surface area contributed by atoms with Crippen molar-refractivity contribution in [1.29, 1.82) is 0 Å². The number of nitrogens with zero attached hydrogens (tertiary/aromatic N) is 1. The van der Waals surface area contributed by atoms with E-state index in [-0.39, 0.29) is 0 Å². The van der Waals surface area contributed by atoms with Gasteiger partial charge in [0.05, 0.1) is 0 Å². The minimum Gasteiger partial charge on any atom is -0.288 e. The van der Waals surface area contributed by atoms with Crippen LogP contribution in [0, 0.1) is 6.92 Å². The highest BCUT2D eigenvalue weighted by Gasteiger charge is 2.21. The fourth-order valence-corrected chi connectivity index (χ4v) is 2.62. The average Bonchev–Trinajstić information content (AvgIpc) is 2.90. The summed E-state index contributed by atoms with van der Waals surface area (Å²) in [5.74, 6) is 0.520. The maximum absolute atomic E-state index is 5.92. The number of halogens is 1. The summed E-state index contributed by atoms with van der Waals surface area (Å²) in [5.41, 5.74) is 5.08. The van der Waals surface area contributed by atoms with Gasteiger partial charge in [0, 0.05) is 23.2 Å². The van der Waals surface area contributed by atoms with Crippen LogP contribution in [-0.4, -0.2) is 12.3 Å². The Hall–Kier alpha value is -1.60. The second-order valence-electron chi connectivity index (χ2n) is 5.11. The minimum absolute atomic E-state index is 0.520. The van der Waals surface area contributed by atoms with Crippen molar-refractivity contribution >= 4 is 17.3 Å². The molecule has 0 bridgehead atoms. The van der Waals surface area contributed by atoms with Gasteiger partial charge >= 0.3 is 0 Å². The van der Waals surface area contributed by atoms with Crippen molar-refractivity contribution < 1.29 is 0 Å². The maximum Gasteiger partial charge on any atom is 0.0465 e. The smallest absolute Gasteiger partial charge is 0.0465 e. The molecular weight excluding hydrogens is 254 g/mol. The third kappa shape index (κ3) is 2.71. The van der Waals surface area contributed by atoms with Gasteiger partial charge in [-0.15, -0.1) is 0 Å². The van der Waals surface area contributed by atoms with Gasteiger partial charge in [-0.3, -0.25) is 4.99 Å². The molecule has 96 valence electrons. The van der Waals surface area contributed by atoms with Crippen LogP contribution < -0.4 is 0 Å². The molecule has 0 N–H and O–H groups in total. The molecule has 1 aliphatic rings. The Labute approximate surface area is 119 Å². The molecule has 2 heteroatoms. The molecule has 1 nitrogen and oxygen atoms in total. The van der Waals surface area contributed by atoms with Crippen molar-refractivity contribution in [3.63, 3.8) is 0 Å². The molecule has 1 aliphatic heterocycles. The van der Waals surface area contributed by atoms with Crippen LogP contribution in [0.25, 0.3) is 0 Å². The lowest BCUT2D eigenvalue weighted by Crippen LogP contribution is -2.02. The van der Waals surface area contributed by atoms with Gasteiger partial charge in [0.2, 0.25) is 0 Å². The molecule has 0 spiro atoms. The number of hydrogen-bond acceptors (Lipinski definition) is 1. The van der Waals surface area contributed by atoms with Gasteiger partial charge in [-0.2, -0.15) is 0 Å². The summed E-state index contributed by atoms with van der Waals surface area (Å²) in [7, 11) is 0. The summed E-state index contributed by atoms with van der Waals surface area (Å²) in [6.07, 6.45) is 1.02. The summed E-state index contributed by atoms with van der Waals surface area (Å²) in [5, 5.41) is 0.775. The molecule has 0 fully saturated rings. The summed E-state index contributed by atoms with van der Waals surface area (Å²) in [4.78, 5) is 4.69. The number of aliphatic imine (C=N–C) groups is 1. The Balaban J connectivity index is 1.76. The van der Waals surface area contributed by atoms with Gasteiger partial charge in [-0.05, 0) is 36.6 Å². The first-order valence-corrected chi connectivity index (χ1v) is 6.96. The average molecular weight is 270 g/mol. The second kappa shape index (κ2) is 5.18. The van der Waals surface area contributed by atoms with E-state index in [0.717, 1.165) is 18.0 Å². The molecule has 0 saturated carbocycles. The van der Waals surface area contributed by atoms with E-state index in [1.54, 1.807) is 0 Å². The standard InChI is InChI=1S/C17H16ClN/c1-12-2-4-13(5-3-12)15-10-17(19-11-15)14-6-8-16(18)9-7-14/h2-9,15H,10-11H2,1H3. The lowest BCUT2D eigenvalue weighted by molar-refractivity contribution is 0.779. The van der Waals surface area contributed by atoms with Crippen LogP contribution in [0.3, 0.4) is 0 Å². The van der Waals surface area contributed by atoms with Crippen LogP contribution in [0.5, 0.6) is 0 Å². The Morgan fingerprint density at radius 2 is 1.68 bits per heavy atom. The van der Waals surface area contributed by atoms with Crippen molar-refractivity contribution in [2.75, 3.05) is 6.54 Å². The van der Waals surface area contributed by atoms with Crippen LogP contribution in [0.2, 0.25) is 5.02 Å². The van der Waals surface area contributed by atoms with E-state index in [2.05, 4.69) is 48.3 Å². The number of rotatable bonds is 2. The minimum atomic E-state index is 0.520. The number of benzene rings is 2. The zero-order valence-corrected chi connectivity index (χ0v) is 11.7. The molecule has 2 aromatic carbocycles. The summed E-state index contributed by atoms with van der Waals surface area (Å²) < 4.78 is 0. The van der Waals surface area contributed by atoms with E-state index in [1.165, 1.54) is 22.4 Å².